The molecule has 3 atom stereocenters. The molecule has 4 rings (SSSR count). The third-order valence-corrected chi connectivity index (χ3v) is 9.27. The van der Waals surface area contributed by atoms with E-state index in [-0.39, 0.29) is 41.3 Å². The summed E-state index contributed by atoms with van der Waals surface area (Å²) in [4.78, 5) is 19.9. The Kier molecular flexibility index (Phi) is 9.08. The molecular formula is C29H37N3O5S. The van der Waals surface area contributed by atoms with Crippen molar-refractivity contribution >= 4 is 15.9 Å². The Morgan fingerprint density at radius 2 is 1.92 bits per heavy atom. The van der Waals surface area contributed by atoms with Crippen molar-refractivity contribution in [1.82, 2.24) is 14.2 Å². The molecule has 1 fully saturated rings. The van der Waals surface area contributed by atoms with Gasteiger partial charge in [0.05, 0.1) is 24.1 Å². The van der Waals surface area contributed by atoms with Crippen LogP contribution in [0.15, 0.2) is 47.5 Å². The number of aromatic nitrogens is 1. The molecule has 38 heavy (non-hydrogen) atoms. The molecular weight excluding hydrogens is 502 g/mol. The Bertz CT molecular complexity index is 1280. The van der Waals surface area contributed by atoms with E-state index < -0.39 is 22.2 Å². The van der Waals surface area contributed by atoms with Gasteiger partial charge in [0.2, 0.25) is 15.9 Å². The summed E-state index contributed by atoms with van der Waals surface area (Å²) >= 11 is 0. The molecule has 204 valence electrons. The zero-order chi connectivity index (χ0) is 27.3. The largest absolute Gasteiger partial charge is 0.472 e. The fourth-order valence-electron chi connectivity index (χ4n) is 4.94. The zero-order valence-electron chi connectivity index (χ0n) is 22.3. The van der Waals surface area contributed by atoms with E-state index in [4.69, 9.17) is 4.74 Å². The van der Waals surface area contributed by atoms with Crippen molar-refractivity contribution in [3.8, 4) is 17.7 Å². The Morgan fingerprint density at radius 3 is 2.61 bits per heavy atom. The van der Waals surface area contributed by atoms with Gasteiger partial charge in [0.1, 0.15) is 11.7 Å². The van der Waals surface area contributed by atoms with Crippen LogP contribution in [-0.2, 0) is 10.0 Å². The number of aliphatic hydroxyl groups is 1. The maximum atomic E-state index is 13.6. The monoisotopic (exact) mass is 539 g/mol. The molecule has 1 aliphatic heterocycles. The van der Waals surface area contributed by atoms with Crippen LogP contribution >= 0.6 is 0 Å². The first-order valence-corrected chi connectivity index (χ1v) is 14.8. The molecule has 0 spiro atoms. The number of carbonyl (C=O) groups excluding carboxylic acids is 1. The molecule has 1 aromatic carbocycles. The van der Waals surface area contributed by atoms with Crippen molar-refractivity contribution in [3.05, 3.63) is 53.7 Å². The third kappa shape index (κ3) is 6.37. The molecule has 0 unspecified atom stereocenters. The molecule has 9 heteroatoms. The Morgan fingerprint density at radius 1 is 1.21 bits per heavy atom. The molecule has 0 saturated heterocycles. The van der Waals surface area contributed by atoms with Gasteiger partial charge in [0, 0.05) is 37.2 Å². The molecule has 0 bridgehead atoms. The number of hydrogen-bond donors (Lipinski definition) is 1. The smallest absolute Gasteiger partial charge is 0.259 e. The van der Waals surface area contributed by atoms with Crippen LogP contribution in [0.2, 0.25) is 0 Å². The van der Waals surface area contributed by atoms with Crippen LogP contribution in [0.5, 0.6) is 5.88 Å². The topological polar surface area (TPSA) is 100 Å². The summed E-state index contributed by atoms with van der Waals surface area (Å²) in [6.07, 6.45) is 6.85. The molecule has 2 heterocycles. The van der Waals surface area contributed by atoms with Gasteiger partial charge in [-0.25, -0.2) is 13.4 Å². The van der Waals surface area contributed by atoms with Crippen molar-refractivity contribution in [1.29, 1.82) is 0 Å². The van der Waals surface area contributed by atoms with Gasteiger partial charge >= 0.3 is 0 Å². The van der Waals surface area contributed by atoms with Crippen molar-refractivity contribution in [2.75, 3.05) is 26.7 Å². The molecule has 2 aromatic rings. The first-order valence-electron chi connectivity index (χ1n) is 13.3. The molecule has 1 amide bonds. The highest BCUT2D eigenvalue weighted by Gasteiger charge is 2.35. The SMILES string of the molecule is C[C@@H]1CN([C@@H](C)CO)C(=O)c2cc(C#CC3CCCCC3)cnc2O[C@@H]1CN(C)S(=O)(=O)c1ccccc1. The standard InChI is InChI=1S/C29H37N3O5S/c1-21-18-32(22(2)20-33)29(34)26-16-24(15-14-23-10-6-4-7-11-23)17-30-28(26)37-27(21)19-31(3)38(35,36)25-12-8-5-9-13-25/h5,8-9,12-13,16-17,21-23,27,33H,4,6-7,10-11,18-20H2,1-3H3/t21-,22+,27-/m1/s1. The number of ether oxygens (including phenoxy) is 1. The highest BCUT2D eigenvalue weighted by atomic mass is 32.2. The van der Waals surface area contributed by atoms with E-state index in [1.54, 1.807) is 54.4 Å². The second-order valence-corrected chi connectivity index (χ2v) is 12.4. The fourth-order valence-corrected chi connectivity index (χ4v) is 6.15. The second-order valence-electron chi connectivity index (χ2n) is 10.4. The predicted molar refractivity (Wildman–Crippen MR) is 145 cm³/mol. The summed E-state index contributed by atoms with van der Waals surface area (Å²) in [6.45, 7) is 3.86. The highest BCUT2D eigenvalue weighted by Crippen LogP contribution is 2.28. The average molecular weight is 540 g/mol. The van der Waals surface area contributed by atoms with Gasteiger partial charge in [-0.3, -0.25) is 4.79 Å². The minimum absolute atomic E-state index is 0.0677. The molecule has 1 saturated carbocycles. The minimum atomic E-state index is -3.74. The number of fused-ring (bicyclic) bond motifs is 1. The van der Waals surface area contributed by atoms with E-state index in [9.17, 15) is 18.3 Å². The van der Waals surface area contributed by atoms with E-state index in [0.29, 0.717) is 18.0 Å². The van der Waals surface area contributed by atoms with Gasteiger partial charge in [-0.15, -0.1) is 0 Å². The first-order chi connectivity index (χ1) is 18.2. The number of pyridine rings is 1. The normalized spacial score (nSPS) is 21.5. The lowest BCUT2D eigenvalue weighted by molar-refractivity contribution is 0.0373. The zero-order valence-corrected chi connectivity index (χ0v) is 23.2. The highest BCUT2D eigenvalue weighted by molar-refractivity contribution is 7.89. The van der Waals surface area contributed by atoms with Crippen LogP contribution in [0.3, 0.4) is 0 Å². The number of carbonyl (C=O) groups is 1. The van der Waals surface area contributed by atoms with Crippen molar-refractivity contribution in [3.63, 3.8) is 0 Å². The Hall–Kier alpha value is -2.93. The summed E-state index contributed by atoms with van der Waals surface area (Å²) in [5.74, 6) is 6.52. The molecule has 1 N–H and O–H groups in total. The lowest BCUT2D eigenvalue weighted by Crippen LogP contribution is -2.50. The van der Waals surface area contributed by atoms with Crippen LogP contribution in [-0.4, -0.2) is 72.5 Å². The minimum Gasteiger partial charge on any atom is -0.472 e. The molecule has 0 radical (unpaired) electrons. The quantitative estimate of drug-likeness (QED) is 0.564. The Balaban J connectivity index is 1.65. The number of nitrogens with zero attached hydrogens (tertiary/aromatic N) is 3. The van der Waals surface area contributed by atoms with E-state index in [2.05, 4.69) is 16.8 Å². The van der Waals surface area contributed by atoms with Crippen molar-refractivity contribution < 1.29 is 23.1 Å². The van der Waals surface area contributed by atoms with E-state index in [1.807, 2.05) is 6.92 Å². The molecule has 8 nitrogen and oxygen atoms in total. The predicted octanol–water partition coefficient (Wildman–Crippen LogP) is 3.55. The van der Waals surface area contributed by atoms with Crippen molar-refractivity contribution in [2.45, 2.75) is 63.0 Å². The van der Waals surface area contributed by atoms with Crippen LogP contribution in [0.1, 0.15) is 61.9 Å². The van der Waals surface area contributed by atoms with Crippen LogP contribution in [0.4, 0.5) is 0 Å². The summed E-state index contributed by atoms with van der Waals surface area (Å²) < 4.78 is 33.9. The van der Waals surface area contributed by atoms with Crippen LogP contribution in [0, 0.1) is 23.7 Å². The fraction of sp³-hybridized carbons (Fsp3) is 0.517. The van der Waals surface area contributed by atoms with Gasteiger partial charge in [-0.1, -0.05) is 56.2 Å². The first kappa shape index (κ1) is 28.1. The maximum Gasteiger partial charge on any atom is 0.259 e. The number of aliphatic hydroxyl groups excluding tert-OH is 1. The third-order valence-electron chi connectivity index (χ3n) is 7.44. The van der Waals surface area contributed by atoms with Gasteiger partial charge in [0.15, 0.2) is 0 Å². The van der Waals surface area contributed by atoms with Crippen LogP contribution < -0.4 is 4.74 Å². The summed E-state index contributed by atoms with van der Waals surface area (Å²) in [6, 6.07) is 9.53. The number of benzene rings is 1. The maximum absolute atomic E-state index is 13.6. The van der Waals surface area contributed by atoms with Gasteiger partial charge in [0.25, 0.3) is 5.91 Å². The molecule has 1 aromatic heterocycles. The van der Waals surface area contributed by atoms with Crippen LogP contribution in [0.25, 0.3) is 0 Å². The van der Waals surface area contributed by atoms with E-state index >= 15 is 0 Å². The number of hydrogen-bond acceptors (Lipinski definition) is 6. The lowest BCUT2D eigenvalue weighted by Gasteiger charge is -2.37. The molecule has 1 aliphatic carbocycles. The number of likely N-dealkylation sites (N-methyl/N-ethyl adjacent to an activating group) is 1. The van der Waals surface area contributed by atoms with Crippen molar-refractivity contribution in [2.24, 2.45) is 11.8 Å². The Labute approximate surface area is 226 Å². The van der Waals surface area contributed by atoms with Gasteiger partial charge in [-0.2, -0.15) is 4.31 Å². The summed E-state index contributed by atoms with van der Waals surface area (Å²) in [7, 11) is -2.21. The van der Waals surface area contributed by atoms with E-state index in [1.165, 1.54) is 30.6 Å². The van der Waals surface area contributed by atoms with E-state index in [0.717, 1.165) is 12.8 Å². The number of sulfonamides is 1. The summed E-state index contributed by atoms with van der Waals surface area (Å²) in [5, 5.41) is 9.88. The average Bonchev–Trinajstić information content (AvgIpc) is 2.94. The summed E-state index contributed by atoms with van der Waals surface area (Å²) in [5.41, 5.74) is 0.906. The molecule has 2 aliphatic rings. The second kappa shape index (κ2) is 12.3. The number of amides is 1. The van der Waals surface area contributed by atoms with Gasteiger partial charge < -0.3 is 14.7 Å². The lowest BCUT2D eigenvalue weighted by atomic mass is 9.90. The number of rotatable bonds is 6. The van der Waals surface area contributed by atoms with Gasteiger partial charge in [-0.05, 0) is 38.0 Å².